The Labute approximate surface area is 179 Å². The lowest BCUT2D eigenvalue weighted by Crippen LogP contribution is -2.59. The van der Waals surface area contributed by atoms with Crippen LogP contribution in [-0.2, 0) is 12.0 Å². The first-order valence-electron chi connectivity index (χ1n) is 9.29. The number of nitrogens with one attached hydrogen (secondary N) is 2. The molecular weight excluding hydrogens is 489 g/mol. The normalized spacial score (nSPS) is 23.2. The van der Waals surface area contributed by atoms with Crippen molar-refractivity contribution in [3.8, 4) is 0 Å². The third-order valence-electron chi connectivity index (χ3n) is 6.29. The van der Waals surface area contributed by atoms with Gasteiger partial charge in [0.2, 0.25) is 4.96 Å². The number of rotatable bonds is 2. The second-order valence-corrected chi connectivity index (χ2v) is 9.61. The number of hydrogen-bond acceptors (Lipinski definition) is 5. The summed E-state index contributed by atoms with van der Waals surface area (Å²) in [6.45, 7) is 3.73. The highest BCUT2D eigenvalue weighted by Crippen LogP contribution is 2.58. The molecule has 1 amide bonds. The second kappa shape index (κ2) is 6.39. The Bertz CT molecular complexity index is 1090. The van der Waals surface area contributed by atoms with Gasteiger partial charge in [0.05, 0.1) is 5.69 Å². The van der Waals surface area contributed by atoms with Crippen molar-refractivity contribution in [2.45, 2.75) is 31.7 Å². The fourth-order valence-electron chi connectivity index (χ4n) is 5.01. The van der Waals surface area contributed by atoms with Gasteiger partial charge in [-0.2, -0.15) is 5.10 Å². The highest BCUT2D eigenvalue weighted by molar-refractivity contribution is 14.1. The number of amides is 1. The molecule has 0 unspecified atom stereocenters. The monoisotopic (exact) mass is 509 g/mol. The van der Waals surface area contributed by atoms with Gasteiger partial charge >= 0.3 is 6.09 Å². The number of hydrogen-bond donors (Lipinski definition) is 3. The highest BCUT2D eigenvalue weighted by Gasteiger charge is 2.61. The maximum absolute atomic E-state index is 12.1. The van der Waals surface area contributed by atoms with Crippen LogP contribution in [0.4, 0.5) is 4.79 Å². The molecule has 1 aromatic carbocycles. The number of nitrogens with zero attached hydrogens (tertiary/aromatic N) is 3. The Kier molecular flexibility index (Phi) is 4.18. The SMILES string of the molecule is Cc1c(I)nc2sc([C@@]3(NC(=O)O)c4ccccc4CC34CCNCC4)nn12. The molecule has 3 N–H and O–H groups in total. The molecular formula is C19H20IN5O2S. The van der Waals surface area contributed by atoms with Gasteiger partial charge in [0, 0.05) is 5.41 Å². The molecule has 1 spiro atoms. The fourth-order valence-corrected chi connectivity index (χ4v) is 6.86. The lowest BCUT2D eigenvalue weighted by Gasteiger charge is -2.47. The summed E-state index contributed by atoms with van der Waals surface area (Å²) in [7, 11) is 0. The first-order valence-corrected chi connectivity index (χ1v) is 11.2. The topological polar surface area (TPSA) is 91.5 Å². The predicted molar refractivity (Wildman–Crippen MR) is 115 cm³/mol. The Balaban J connectivity index is 1.81. The van der Waals surface area contributed by atoms with Crippen molar-refractivity contribution < 1.29 is 9.90 Å². The minimum atomic E-state index is -1.02. The summed E-state index contributed by atoms with van der Waals surface area (Å²) < 4.78 is 2.77. The smallest absolute Gasteiger partial charge is 0.405 e. The van der Waals surface area contributed by atoms with Crippen LogP contribution in [0.3, 0.4) is 0 Å². The van der Waals surface area contributed by atoms with Gasteiger partial charge in [-0.25, -0.2) is 14.3 Å². The third kappa shape index (κ3) is 2.38. The molecule has 7 nitrogen and oxygen atoms in total. The minimum Gasteiger partial charge on any atom is -0.465 e. The zero-order valence-electron chi connectivity index (χ0n) is 15.3. The number of carboxylic acid groups (broad SMARTS) is 1. The van der Waals surface area contributed by atoms with Crippen LogP contribution in [0.2, 0.25) is 0 Å². The zero-order chi connectivity index (χ0) is 19.5. The minimum absolute atomic E-state index is 0.239. The van der Waals surface area contributed by atoms with E-state index in [0.717, 1.165) is 57.3 Å². The number of piperidine rings is 1. The van der Waals surface area contributed by atoms with E-state index in [9.17, 15) is 9.90 Å². The largest absolute Gasteiger partial charge is 0.465 e. The summed E-state index contributed by atoms with van der Waals surface area (Å²) in [5, 5.41) is 22.0. The molecule has 2 aromatic heterocycles. The number of fused-ring (bicyclic) bond motifs is 2. The summed E-state index contributed by atoms with van der Waals surface area (Å²) in [5.74, 6) is 0. The van der Waals surface area contributed by atoms with E-state index in [1.54, 1.807) is 0 Å². The van der Waals surface area contributed by atoms with Gasteiger partial charge in [0.1, 0.15) is 14.2 Å². The lowest BCUT2D eigenvalue weighted by molar-refractivity contribution is 0.0843. The fraction of sp³-hybridized carbons (Fsp3) is 0.421. The van der Waals surface area contributed by atoms with Crippen molar-refractivity contribution >= 4 is 45.0 Å². The maximum atomic E-state index is 12.1. The van der Waals surface area contributed by atoms with Gasteiger partial charge in [-0.3, -0.25) is 0 Å². The molecule has 1 aliphatic heterocycles. The van der Waals surface area contributed by atoms with Crippen LogP contribution in [0.25, 0.3) is 4.96 Å². The van der Waals surface area contributed by atoms with E-state index in [0.29, 0.717) is 0 Å². The lowest BCUT2D eigenvalue weighted by atomic mass is 9.64. The number of imidazole rings is 1. The van der Waals surface area contributed by atoms with Crippen LogP contribution in [0, 0.1) is 16.0 Å². The van der Waals surface area contributed by atoms with Crippen molar-refractivity contribution in [1.29, 1.82) is 0 Å². The van der Waals surface area contributed by atoms with Gasteiger partial charge in [0.25, 0.3) is 0 Å². The van der Waals surface area contributed by atoms with Gasteiger partial charge in [-0.15, -0.1) is 0 Å². The number of aryl methyl sites for hydroxylation is 1. The van der Waals surface area contributed by atoms with Gasteiger partial charge in [-0.1, -0.05) is 35.6 Å². The summed E-state index contributed by atoms with van der Waals surface area (Å²) in [6.07, 6.45) is 1.61. The third-order valence-corrected chi connectivity index (χ3v) is 8.34. The Morgan fingerprint density at radius 3 is 2.82 bits per heavy atom. The summed E-state index contributed by atoms with van der Waals surface area (Å²) in [5.41, 5.74) is 2.12. The van der Waals surface area contributed by atoms with Crippen molar-refractivity contribution in [3.05, 3.63) is 49.8 Å². The van der Waals surface area contributed by atoms with E-state index in [4.69, 9.17) is 5.10 Å². The Hall–Kier alpha value is -1.72. The number of aromatic nitrogens is 3. The van der Waals surface area contributed by atoms with Crippen LogP contribution in [-0.4, -0.2) is 38.9 Å². The molecule has 0 saturated carbocycles. The molecule has 1 aliphatic carbocycles. The van der Waals surface area contributed by atoms with Crippen LogP contribution < -0.4 is 10.6 Å². The zero-order valence-corrected chi connectivity index (χ0v) is 18.3. The van der Waals surface area contributed by atoms with Gasteiger partial charge < -0.3 is 15.7 Å². The number of benzene rings is 1. The predicted octanol–water partition coefficient (Wildman–Crippen LogP) is 3.14. The maximum Gasteiger partial charge on any atom is 0.405 e. The summed E-state index contributed by atoms with van der Waals surface area (Å²) in [4.78, 5) is 17.5. The van der Waals surface area contributed by atoms with Crippen molar-refractivity contribution in [2.24, 2.45) is 5.41 Å². The molecule has 9 heteroatoms. The number of halogens is 1. The van der Waals surface area contributed by atoms with E-state index in [1.807, 2.05) is 23.6 Å². The van der Waals surface area contributed by atoms with Crippen LogP contribution in [0.15, 0.2) is 24.3 Å². The van der Waals surface area contributed by atoms with E-state index in [-0.39, 0.29) is 5.41 Å². The molecule has 1 saturated heterocycles. The van der Waals surface area contributed by atoms with Crippen LogP contribution in [0.5, 0.6) is 0 Å². The van der Waals surface area contributed by atoms with E-state index < -0.39 is 11.6 Å². The quantitative estimate of drug-likeness (QED) is 0.462. The van der Waals surface area contributed by atoms with E-state index >= 15 is 0 Å². The van der Waals surface area contributed by atoms with Crippen LogP contribution >= 0.6 is 33.9 Å². The van der Waals surface area contributed by atoms with E-state index in [1.165, 1.54) is 16.9 Å². The van der Waals surface area contributed by atoms with Crippen molar-refractivity contribution in [2.75, 3.05) is 13.1 Å². The highest BCUT2D eigenvalue weighted by atomic mass is 127. The molecule has 3 aromatic rings. The van der Waals surface area contributed by atoms with E-state index in [2.05, 4.69) is 50.3 Å². The Morgan fingerprint density at radius 2 is 2.11 bits per heavy atom. The molecule has 28 heavy (non-hydrogen) atoms. The average Bonchev–Trinajstić information content (AvgIpc) is 3.28. The molecule has 0 bridgehead atoms. The van der Waals surface area contributed by atoms with Gasteiger partial charge in [-0.05, 0) is 73.0 Å². The molecule has 3 heterocycles. The Morgan fingerprint density at radius 1 is 1.36 bits per heavy atom. The first kappa shape index (κ1) is 18.3. The van der Waals surface area contributed by atoms with Crippen LogP contribution in [0.1, 0.15) is 34.7 Å². The summed E-state index contributed by atoms with van der Waals surface area (Å²) >= 11 is 3.70. The molecule has 1 fully saturated rings. The summed E-state index contributed by atoms with van der Waals surface area (Å²) in [6, 6.07) is 8.20. The number of carbonyl (C=O) groups is 1. The first-order chi connectivity index (χ1) is 13.5. The molecule has 1 atom stereocenters. The molecule has 0 radical (unpaired) electrons. The second-order valence-electron chi connectivity index (χ2n) is 7.63. The van der Waals surface area contributed by atoms with Crippen molar-refractivity contribution in [1.82, 2.24) is 25.2 Å². The molecule has 146 valence electrons. The average molecular weight is 509 g/mol. The van der Waals surface area contributed by atoms with Crippen molar-refractivity contribution in [3.63, 3.8) is 0 Å². The standard InChI is InChI=1S/C19H20IN5O2S/c1-11-14(20)22-16-25(11)24-15(28-16)19(23-17(26)27)13-5-3-2-4-12(13)10-18(19)6-8-21-9-7-18/h2-5,21,23H,6-10H2,1H3,(H,26,27)/t19-/m0/s1. The van der Waals surface area contributed by atoms with Gasteiger partial charge in [0.15, 0.2) is 0 Å². The molecule has 2 aliphatic rings. The molecule has 5 rings (SSSR count).